The minimum atomic E-state index is 0.561. The zero-order valence-corrected chi connectivity index (χ0v) is 5.70. The average molecular weight is 109 g/mol. The van der Waals surface area contributed by atoms with Crippen LogP contribution in [0.2, 0.25) is 0 Å². The maximum Gasteiger partial charge on any atom is -0.0136 e. The van der Waals surface area contributed by atoms with E-state index in [-0.39, 0.29) is 0 Å². The van der Waals surface area contributed by atoms with E-state index in [0.29, 0.717) is 5.41 Å². The van der Waals surface area contributed by atoms with Crippen LogP contribution in [-0.2, 0) is 0 Å². The highest BCUT2D eigenvalue weighted by molar-refractivity contribution is 4.94. The Morgan fingerprint density at radius 3 is 2.50 bits per heavy atom. The lowest BCUT2D eigenvalue weighted by atomic mass is 9.78. The molecule has 0 saturated heterocycles. The molecule has 0 aromatic carbocycles. The van der Waals surface area contributed by atoms with E-state index in [9.17, 15) is 0 Å². The first-order valence-corrected chi connectivity index (χ1v) is 3.26. The molecule has 0 nitrogen and oxygen atoms in total. The second-order valence-corrected chi connectivity index (χ2v) is 3.28. The van der Waals surface area contributed by atoms with Crippen LogP contribution in [-0.4, -0.2) is 0 Å². The summed E-state index contributed by atoms with van der Waals surface area (Å²) in [6.45, 7) is 4.62. The fourth-order valence-electron chi connectivity index (χ4n) is 0.963. The fraction of sp³-hybridized carbons (Fsp3) is 0.750. The quantitative estimate of drug-likeness (QED) is 0.448. The Hall–Kier alpha value is 0. The summed E-state index contributed by atoms with van der Waals surface area (Å²) in [6.07, 6.45) is 9.07. The third-order valence-corrected chi connectivity index (χ3v) is 1.75. The van der Waals surface area contributed by atoms with Crippen molar-refractivity contribution in [1.82, 2.24) is 0 Å². The topological polar surface area (TPSA) is 0 Å². The van der Waals surface area contributed by atoms with Crippen molar-refractivity contribution in [3.05, 3.63) is 12.8 Å². The maximum absolute atomic E-state index is 3.22. The van der Waals surface area contributed by atoms with Crippen molar-refractivity contribution in [2.75, 3.05) is 0 Å². The highest BCUT2D eigenvalue weighted by Gasteiger charge is 2.20. The standard InChI is InChI=1S/C8H13/c1-8(2)6-4-3-5-7-8/h4H,5-7H2,1-2H3. The summed E-state index contributed by atoms with van der Waals surface area (Å²) in [6, 6.07) is 0. The monoisotopic (exact) mass is 109 g/mol. The van der Waals surface area contributed by atoms with Crippen molar-refractivity contribution in [3.63, 3.8) is 0 Å². The Labute approximate surface area is 52.3 Å². The lowest BCUT2D eigenvalue weighted by molar-refractivity contribution is 0.309. The van der Waals surface area contributed by atoms with Crippen LogP contribution >= 0.6 is 0 Å². The van der Waals surface area contributed by atoms with Gasteiger partial charge in [0.25, 0.3) is 0 Å². The minimum absolute atomic E-state index is 0.561. The number of hydrogen-bond acceptors (Lipinski definition) is 0. The molecule has 0 aromatic rings. The zero-order chi connectivity index (χ0) is 6.04. The second kappa shape index (κ2) is 2.08. The molecule has 0 amide bonds. The first-order chi connectivity index (χ1) is 3.71. The molecule has 0 N–H and O–H groups in total. The molecule has 45 valence electrons. The summed E-state index contributed by atoms with van der Waals surface area (Å²) in [5.41, 5.74) is 0.561. The van der Waals surface area contributed by atoms with Gasteiger partial charge in [-0.1, -0.05) is 13.8 Å². The SMILES string of the molecule is CC1(C)C[CH][C]CC1. The van der Waals surface area contributed by atoms with Crippen molar-refractivity contribution in [2.45, 2.75) is 33.1 Å². The van der Waals surface area contributed by atoms with E-state index in [0.717, 1.165) is 6.42 Å². The first-order valence-electron chi connectivity index (χ1n) is 3.26. The lowest BCUT2D eigenvalue weighted by Gasteiger charge is -2.28. The van der Waals surface area contributed by atoms with Crippen LogP contribution in [0.25, 0.3) is 0 Å². The molecule has 3 radical (unpaired) electrons. The third-order valence-electron chi connectivity index (χ3n) is 1.75. The van der Waals surface area contributed by atoms with Gasteiger partial charge < -0.3 is 0 Å². The Balaban J connectivity index is 2.33. The van der Waals surface area contributed by atoms with Crippen LogP contribution < -0.4 is 0 Å². The lowest BCUT2D eigenvalue weighted by Crippen LogP contribution is -2.15. The molecule has 0 spiro atoms. The summed E-state index contributed by atoms with van der Waals surface area (Å²) in [5, 5.41) is 0. The van der Waals surface area contributed by atoms with Gasteiger partial charge in [-0.25, -0.2) is 0 Å². The van der Waals surface area contributed by atoms with E-state index in [2.05, 4.69) is 26.7 Å². The van der Waals surface area contributed by atoms with Gasteiger partial charge >= 0.3 is 0 Å². The van der Waals surface area contributed by atoms with Crippen LogP contribution in [0.4, 0.5) is 0 Å². The molecular weight excluding hydrogens is 96.1 g/mol. The van der Waals surface area contributed by atoms with Crippen molar-refractivity contribution in [1.29, 1.82) is 0 Å². The molecule has 1 aliphatic rings. The van der Waals surface area contributed by atoms with Gasteiger partial charge in [-0.05, 0) is 37.5 Å². The molecule has 0 bridgehead atoms. The summed E-state index contributed by atoms with van der Waals surface area (Å²) in [7, 11) is 0. The van der Waals surface area contributed by atoms with Gasteiger partial charge in [0.2, 0.25) is 0 Å². The predicted octanol–water partition coefficient (Wildman–Crippen LogP) is 2.48. The normalized spacial score (nSPS) is 27.8. The smallest absolute Gasteiger partial charge is 0.0136 e. The molecule has 0 unspecified atom stereocenters. The fourth-order valence-corrected chi connectivity index (χ4v) is 0.963. The largest absolute Gasteiger partial charge is 0.0599 e. The van der Waals surface area contributed by atoms with Gasteiger partial charge in [-0.2, -0.15) is 0 Å². The van der Waals surface area contributed by atoms with Crippen molar-refractivity contribution in [2.24, 2.45) is 5.41 Å². The van der Waals surface area contributed by atoms with E-state index in [1.165, 1.54) is 12.8 Å². The molecular formula is C8H13. The summed E-state index contributed by atoms with van der Waals surface area (Å²) in [4.78, 5) is 0. The molecule has 0 aliphatic heterocycles. The van der Waals surface area contributed by atoms with Gasteiger partial charge in [0.1, 0.15) is 0 Å². The molecule has 1 fully saturated rings. The molecule has 0 atom stereocenters. The molecule has 0 aromatic heterocycles. The Morgan fingerprint density at radius 1 is 1.50 bits per heavy atom. The Bertz CT molecular complexity index is 64.1. The van der Waals surface area contributed by atoms with Crippen molar-refractivity contribution in [3.8, 4) is 0 Å². The van der Waals surface area contributed by atoms with E-state index in [4.69, 9.17) is 0 Å². The minimum Gasteiger partial charge on any atom is -0.0599 e. The Morgan fingerprint density at radius 2 is 2.25 bits per heavy atom. The van der Waals surface area contributed by atoms with Crippen LogP contribution in [0, 0.1) is 18.3 Å². The van der Waals surface area contributed by atoms with Crippen LogP contribution in [0.1, 0.15) is 33.1 Å². The number of hydrogen-bond donors (Lipinski definition) is 0. The van der Waals surface area contributed by atoms with Crippen molar-refractivity contribution >= 4 is 0 Å². The van der Waals surface area contributed by atoms with E-state index in [1.807, 2.05) is 0 Å². The molecule has 0 heterocycles. The molecule has 1 aliphatic carbocycles. The number of rotatable bonds is 0. The molecule has 1 saturated carbocycles. The van der Waals surface area contributed by atoms with Gasteiger partial charge in [0.05, 0.1) is 0 Å². The van der Waals surface area contributed by atoms with Crippen LogP contribution in [0.5, 0.6) is 0 Å². The van der Waals surface area contributed by atoms with Crippen molar-refractivity contribution < 1.29 is 0 Å². The third kappa shape index (κ3) is 1.50. The molecule has 8 heavy (non-hydrogen) atoms. The Kier molecular flexibility index (Phi) is 1.59. The second-order valence-electron chi connectivity index (χ2n) is 3.28. The molecule has 0 heteroatoms. The zero-order valence-electron chi connectivity index (χ0n) is 5.70. The van der Waals surface area contributed by atoms with Crippen LogP contribution in [0.15, 0.2) is 0 Å². The maximum atomic E-state index is 3.22. The highest BCUT2D eigenvalue weighted by Crippen LogP contribution is 2.33. The highest BCUT2D eigenvalue weighted by atomic mass is 14.3. The van der Waals surface area contributed by atoms with E-state index in [1.54, 1.807) is 0 Å². The van der Waals surface area contributed by atoms with E-state index >= 15 is 0 Å². The average Bonchev–Trinajstić information content (AvgIpc) is 1.65. The first kappa shape index (κ1) is 6.12. The predicted molar refractivity (Wildman–Crippen MR) is 35.2 cm³/mol. The van der Waals surface area contributed by atoms with Gasteiger partial charge in [-0.3, -0.25) is 0 Å². The van der Waals surface area contributed by atoms with Crippen LogP contribution in [0.3, 0.4) is 0 Å². The van der Waals surface area contributed by atoms with E-state index < -0.39 is 0 Å². The summed E-state index contributed by atoms with van der Waals surface area (Å²) >= 11 is 0. The summed E-state index contributed by atoms with van der Waals surface area (Å²) in [5.74, 6) is 0. The van der Waals surface area contributed by atoms with Gasteiger partial charge in [0.15, 0.2) is 0 Å². The van der Waals surface area contributed by atoms with Gasteiger partial charge in [0, 0.05) is 0 Å². The molecule has 1 rings (SSSR count). The summed E-state index contributed by atoms with van der Waals surface area (Å²) < 4.78 is 0. The van der Waals surface area contributed by atoms with Gasteiger partial charge in [-0.15, -0.1) is 0 Å².